The minimum Gasteiger partial charge on any atom is -0.391 e. The Bertz CT molecular complexity index is 2710. The fourth-order valence-electron chi connectivity index (χ4n) is 9.73. The number of nitrogens with zero attached hydrogens (tertiary/aromatic N) is 4. The van der Waals surface area contributed by atoms with E-state index in [4.69, 9.17) is 28.7 Å². The molecule has 24 heteroatoms. The monoisotopic (exact) mass is 1060 g/mol. The van der Waals surface area contributed by atoms with Crippen molar-refractivity contribution in [1.29, 1.82) is 5.26 Å². The van der Waals surface area contributed by atoms with Gasteiger partial charge in [0.1, 0.15) is 35.7 Å². The second-order valence-corrected chi connectivity index (χ2v) is 19.8. The number of carbonyl (C=O) groups is 9. The number of fused-ring (bicyclic) bond motifs is 2. The van der Waals surface area contributed by atoms with E-state index >= 15 is 0 Å². The van der Waals surface area contributed by atoms with Gasteiger partial charge in [0.05, 0.1) is 23.8 Å². The van der Waals surface area contributed by atoms with Gasteiger partial charge in [-0.3, -0.25) is 53.1 Å². The molecule has 0 saturated carbocycles. The Balaban J connectivity index is 1.55. The topological polar surface area (TPSA) is 420 Å². The first-order valence-electron chi connectivity index (χ1n) is 25.9. The highest BCUT2D eigenvalue weighted by molar-refractivity contribution is 5.98. The summed E-state index contributed by atoms with van der Waals surface area (Å²) in [7, 11) is 0. The maximum absolute atomic E-state index is 14.8. The van der Waals surface area contributed by atoms with Gasteiger partial charge in [-0.1, -0.05) is 36.8 Å². The van der Waals surface area contributed by atoms with Crippen LogP contribution in [0.15, 0.2) is 64.7 Å². The molecule has 3 heterocycles. The normalized spacial score (nSPS) is 22.9. The van der Waals surface area contributed by atoms with Gasteiger partial charge in [-0.25, -0.2) is 0 Å². The number of benzene rings is 2. The molecule has 6 amide bonds. The van der Waals surface area contributed by atoms with E-state index in [1.54, 1.807) is 18.3 Å². The molecule has 0 radical (unpaired) electrons. The van der Waals surface area contributed by atoms with E-state index in [9.17, 15) is 53.5 Å². The van der Waals surface area contributed by atoms with Gasteiger partial charge < -0.3 is 64.9 Å². The average Bonchev–Trinajstić information content (AvgIpc) is 4.02. The molecule has 414 valence electrons. The lowest BCUT2D eigenvalue weighted by Crippen LogP contribution is -2.57. The van der Waals surface area contributed by atoms with Crippen LogP contribution in [0.3, 0.4) is 0 Å². The highest BCUT2D eigenvalue weighted by Gasteiger charge is 2.43. The molecule has 2 saturated heterocycles. The van der Waals surface area contributed by atoms with Gasteiger partial charge >= 0.3 is 0 Å². The van der Waals surface area contributed by atoms with E-state index in [0.29, 0.717) is 16.7 Å². The molecule has 16 N–H and O–H groups in total. The number of aliphatic imine (C=N–C) groups is 2. The third-order valence-corrected chi connectivity index (χ3v) is 13.8. The molecule has 2 aromatic carbocycles. The Kier molecular flexibility index (Phi) is 22.6. The number of aromatic amines is 1. The number of hydrogen-bond donors (Lipinski definition) is 11. The van der Waals surface area contributed by atoms with E-state index in [1.165, 1.54) is 19.1 Å². The van der Waals surface area contributed by atoms with Gasteiger partial charge in [0.2, 0.25) is 35.4 Å². The van der Waals surface area contributed by atoms with Gasteiger partial charge in [0, 0.05) is 87.6 Å². The van der Waals surface area contributed by atoms with Gasteiger partial charge in [-0.05, 0) is 87.1 Å². The number of Topliss-reactive ketones (excluding diaryl/α,β-unsaturated/α-hetero) is 3. The summed E-state index contributed by atoms with van der Waals surface area (Å²) in [5.41, 5.74) is 30.3. The van der Waals surface area contributed by atoms with Crippen molar-refractivity contribution in [2.75, 3.05) is 19.6 Å². The van der Waals surface area contributed by atoms with Crippen LogP contribution < -0.4 is 49.9 Å². The lowest BCUT2D eigenvalue weighted by atomic mass is 9.83. The van der Waals surface area contributed by atoms with Crippen LogP contribution in [-0.2, 0) is 56.0 Å². The van der Waals surface area contributed by atoms with Crippen LogP contribution in [0, 0.1) is 23.2 Å². The average molecular weight is 1070 g/mol. The standard InChI is InChI=1S/C53H72N14O10/c1-30(68)63-41(13-7-21-61-53(58)59)49(75)65-42-19-18-36(69)9-2-4-12-40(47(55)73)64-48(74)34(23-35-28-62-39-11-5-3-10-38(35)39)25-45(71)33(8-6-20-60-52(56)57)24-46(72)43(22-31-14-16-32(27-54)17-15-31)66-50(76)44-26-37(70)29-67(44)51(42)77/h3,5,10-11,14-17,28,33-34,37,40-44,62,70H,2,4,6-9,12-13,18-26,29H2,1H3,(H2,55,73)(H,63,68)(H,64,74)(H,65,75)(H,66,76)(H4,56,57,60)(H4,58,59,61)/t33-,34-,37-,40+,41+,42+,43-,44+/m1/s1. The fourth-order valence-corrected chi connectivity index (χ4v) is 9.73. The summed E-state index contributed by atoms with van der Waals surface area (Å²) in [6.07, 6.45) is -0.0881. The highest BCUT2D eigenvalue weighted by atomic mass is 16.3. The van der Waals surface area contributed by atoms with Crippen LogP contribution in [0.25, 0.3) is 10.9 Å². The van der Waals surface area contributed by atoms with E-state index in [1.807, 2.05) is 30.3 Å². The molecular formula is C53H72N14O10. The first-order chi connectivity index (χ1) is 36.7. The maximum atomic E-state index is 14.8. The van der Waals surface area contributed by atoms with E-state index in [-0.39, 0.29) is 127 Å². The predicted octanol–water partition coefficient (Wildman–Crippen LogP) is -0.588. The van der Waals surface area contributed by atoms with E-state index in [2.05, 4.69) is 36.2 Å². The molecule has 1 aromatic heterocycles. The number of H-pyrrole nitrogens is 1. The van der Waals surface area contributed by atoms with Crippen molar-refractivity contribution in [3.8, 4) is 6.07 Å². The molecule has 77 heavy (non-hydrogen) atoms. The van der Waals surface area contributed by atoms with Crippen LogP contribution in [0.4, 0.5) is 0 Å². The summed E-state index contributed by atoms with van der Waals surface area (Å²) in [5.74, 6) is -8.38. The summed E-state index contributed by atoms with van der Waals surface area (Å²) in [4.78, 5) is 138. The number of nitrogens with one attached hydrogen (secondary N) is 5. The lowest BCUT2D eigenvalue weighted by molar-refractivity contribution is -0.143. The molecule has 2 aliphatic rings. The highest BCUT2D eigenvalue weighted by Crippen LogP contribution is 2.27. The minimum atomic E-state index is -1.46. The van der Waals surface area contributed by atoms with Gasteiger partial charge in [0.15, 0.2) is 17.7 Å². The number of rotatable bonds is 16. The number of nitriles is 1. The van der Waals surface area contributed by atoms with Gasteiger partial charge in [0.25, 0.3) is 0 Å². The molecular weight excluding hydrogens is 993 g/mol. The number of aliphatic hydroxyl groups is 1. The van der Waals surface area contributed by atoms with E-state index < -0.39 is 102 Å². The molecule has 0 bridgehead atoms. The van der Waals surface area contributed by atoms with Crippen LogP contribution in [0.1, 0.15) is 107 Å². The Morgan fingerprint density at radius 1 is 0.831 bits per heavy atom. The molecule has 0 aliphatic carbocycles. The second-order valence-electron chi connectivity index (χ2n) is 19.8. The molecule has 24 nitrogen and oxygen atoms in total. The molecule has 0 unspecified atom stereocenters. The number of carbonyl (C=O) groups excluding carboxylic acids is 9. The number of guanidine groups is 2. The first kappa shape index (κ1) is 59.7. The van der Waals surface area contributed by atoms with Crippen molar-refractivity contribution >= 4 is 75.6 Å². The Labute approximate surface area is 446 Å². The van der Waals surface area contributed by atoms with E-state index in [0.717, 1.165) is 15.8 Å². The molecule has 2 fully saturated rings. The van der Waals surface area contributed by atoms with Crippen LogP contribution >= 0.6 is 0 Å². The van der Waals surface area contributed by atoms with Gasteiger partial charge in [-0.15, -0.1) is 0 Å². The Morgan fingerprint density at radius 3 is 2.19 bits per heavy atom. The number of aromatic nitrogens is 1. The van der Waals surface area contributed by atoms with Crippen LogP contribution in [0.5, 0.6) is 0 Å². The van der Waals surface area contributed by atoms with Crippen molar-refractivity contribution in [2.45, 2.75) is 140 Å². The molecule has 2 aliphatic heterocycles. The van der Waals surface area contributed by atoms with Gasteiger partial charge in [-0.2, -0.15) is 5.26 Å². The van der Waals surface area contributed by atoms with Crippen molar-refractivity contribution < 1.29 is 48.3 Å². The van der Waals surface area contributed by atoms with Crippen LogP contribution in [-0.4, -0.2) is 136 Å². The summed E-state index contributed by atoms with van der Waals surface area (Å²) >= 11 is 0. The zero-order valence-corrected chi connectivity index (χ0v) is 43.3. The zero-order valence-electron chi connectivity index (χ0n) is 43.3. The largest absolute Gasteiger partial charge is 0.391 e. The fraction of sp³-hybridized carbons (Fsp3) is 0.509. The quantitative estimate of drug-likeness (QED) is 0.0485. The summed E-state index contributed by atoms with van der Waals surface area (Å²) in [6.45, 7) is 1.06. The number of aliphatic hydroxyl groups excluding tert-OH is 1. The first-order valence-corrected chi connectivity index (χ1v) is 25.9. The van der Waals surface area contributed by atoms with Crippen molar-refractivity contribution in [3.05, 3.63) is 71.4 Å². The predicted molar refractivity (Wildman–Crippen MR) is 284 cm³/mol. The zero-order chi connectivity index (χ0) is 56.2. The second kappa shape index (κ2) is 29.2. The smallest absolute Gasteiger partial charge is 0.245 e. The molecule has 8 atom stereocenters. The SMILES string of the molecule is CC(=O)N[C@@H](CCCN=C(N)N)C(=O)N[C@H]1CCC(=O)CCCC[C@@H](C(N)=O)NC(=O)[C@H](Cc2c[nH]c3ccccc23)CC(=O)[C@H](CCCN=C(N)N)CC(=O)[C@@H](Cc2ccc(C#N)cc2)NC(=O)[C@@H]2C[C@@H](O)CN2C1=O. The Morgan fingerprint density at radius 2 is 1.52 bits per heavy atom. The lowest BCUT2D eigenvalue weighted by Gasteiger charge is -2.30. The van der Waals surface area contributed by atoms with Crippen LogP contribution in [0.2, 0.25) is 0 Å². The number of primary amides is 1. The maximum Gasteiger partial charge on any atom is 0.245 e. The number of hydrogen-bond acceptors (Lipinski definition) is 13. The number of nitrogens with two attached hydrogens (primary N) is 5. The number of para-hydroxylation sites is 1. The summed E-state index contributed by atoms with van der Waals surface area (Å²) < 4.78 is 0. The Hall–Kier alpha value is -8.20. The molecule has 5 rings (SSSR count). The number of amides is 6. The van der Waals surface area contributed by atoms with Crippen molar-refractivity contribution in [2.24, 2.45) is 50.5 Å². The number of ketones is 3. The third-order valence-electron chi connectivity index (χ3n) is 13.8. The summed E-state index contributed by atoms with van der Waals surface area (Å²) in [5, 5.41) is 32.1. The minimum absolute atomic E-state index is 0.0298. The van der Waals surface area contributed by atoms with Crippen molar-refractivity contribution in [3.63, 3.8) is 0 Å². The van der Waals surface area contributed by atoms with Crippen molar-refractivity contribution in [1.82, 2.24) is 31.2 Å². The summed E-state index contributed by atoms with van der Waals surface area (Å²) in [6, 6.07) is 9.12. The molecule has 3 aromatic rings. The third kappa shape index (κ3) is 18.5. The molecule has 0 spiro atoms.